The number of ether oxygens (including phenoxy) is 1. The summed E-state index contributed by atoms with van der Waals surface area (Å²) in [6.45, 7) is 0.0776. The normalized spacial score (nSPS) is 14.5. The number of carbonyl (C=O) groups excluding carboxylic acids is 2. The Morgan fingerprint density at radius 1 is 1.03 bits per heavy atom. The van der Waals surface area contributed by atoms with E-state index in [0.29, 0.717) is 36.9 Å². The maximum absolute atomic E-state index is 13.9. The van der Waals surface area contributed by atoms with Crippen molar-refractivity contribution in [2.24, 2.45) is 0 Å². The second-order valence-electron chi connectivity index (χ2n) is 7.23. The largest absolute Gasteiger partial charge is 0.486 e. The molecule has 0 N–H and O–H groups in total. The van der Waals surface area contributed by atoms with E-state index in [-0.39, 0.29) is 23.9 Å². The zero-order chi connectivity index (χ0) is 24.2. The topological polar surface area (TPSA) is 70.4 Å². The van der Waals surface area contributed by atoms with Crippen molar-refractivity contribution in [1.29, 1.82) is 5.26 Å². The number of hydrogen-bond donors (Lipinski definition) is 0. The average Bonchev–Trinajstić information content (AvgIpc) is 3.07. The standard InChI is InChI=1S/C25H15Br2FN2O3S/c26-19-9-15(10-20(27)23(19)33-14-18-7-3-4-8-21(18)28)11-22-24(31)30(25(32)34-22)13-17-6-2-1-5-16(17)12-29/h1-11H,13-14H2/b22-11+. The molecule has 34 heavy (non-hydrogen) atoms. The Balaban J connectivity index is 1.52. The van der Waals surface area contributed by atoms with Gasteiger partial charge in [0.1, 0.15) is 18.2 Å². The predicted octanol–water partition coefficient (Wildman–Crippen LogP) is 7.04. The van der Waals surface area contributed by atoms with Gasteiger partial charge >= 0.3 is 0 Å². The third kappa shape index (κ3) is 5.25. The molecular weight excluding hydrogens is 587 g/mol. The predicted molar refractivity (Wildman–Crippen MR) is 135 cm³/mol. The molecule has 9 heteroatoms. The average molecular weight is 602 g/mol. The molecular formula is C25H15Br2FN2O3S. The smallest absolute Gasteiger partial charge is 0.293 e. The van der Waals surface area contributed by atoms with Crippen LogP contribution in [0.25, 0.3) is 6.08 Å². The maximum Gasteiger partial charge on any atom is 0.293 e. The maximum atomic E-state index is 13.9. The monoisotopic (exact) mass is 600 g/mol. The van der Waals surface area contributed by atoms with Crippen LogP contribution in [0.1, 0.15) is 22.3 Å². The Morgan fingerprint density at radius 3 is 2.35 bits per heavy atom. The molecule has 5 nitrogen and oxygen atoms in total. The van der Waals surface area contributed by atoms with Gasteiger partial charge in [-0.3, -0.25) is 14.5 Å². The SMILES string of the molecule is N#Cc1ccccc1CN1C(=O)S/C(=C/c2cc(Br)c(OCc3ccccc3F)c(Br)c2)C1=O. The van der Waals surface area contributed by atoms with Crippen LogP contribution in [0, 0.1) is 17.1 Å². The molecule has 0 spiro atoms. The summed E-state index contributed by atoms with van der Waals surface area (Å²) in [6.07, 6.45) is 1.62. The number of amides is 2. The first-order valence-electron chi connectivity index (χ1n) is 9.96. The zero-order valence-electron chi connectivity index (χ0n) is 17.4. The molecule has 2 amide bonds. The number of hydrogen-bond acceptors (Lipinski definition) is 5. The highest BCUT2D eigenvalue weighted by molar-refractivity contribution is 9.11. The van der Waals surface area contributed by atoms with Gasteiger partial charge in [-0.1, -0.05) is 36.4 Å². The lowest BCUT2D eigenvalue weighted by atomic mass is 10.1. The quantitative estimate of drug-likeness (QED) is 0.283. The van der Waals surface area contributed by atoms with Crippen LogP contribution in [-0.4, -0.2) is 16.0 Å². The molecule has 1 heterocycles. The van der Waals surface area contributed by atoms with Crippen molar-refractivity contribution < 1.29 is 18.7 Å². The summed E-state index contributed by atoms with van der Waals surface area (Å²) < 4.78 is 20.9. The van der Waals surface area contributed by atoms with E-state index in [1.54, 1.807) is 60.7 Å². The van der Waals surface area contributed by atoms with Crippen molar-refractivity contribution in [3.63, 3.8) is 0 Å². The van der Waals surface area contributed by atoms with E-state index in [2.05, 4.69) is 37.9 Å². The molecule has 3 aromatic rings. The molecule has 0 aliphatic carbocycles. The minimum Gasteiger partial charge on any atom is -0.486 e. The van der Waals surface area contributed by atoms with Crippen molar-refractivity contribution in [3.05, 3.63) is 103 Å². The Kier molecular flexibility index (Phi) is 7.51. The number of imide groups is 1. The minimum atomic E-state index is -0.421. The summed E-state index contributed by atoms with van der Waals surface area (Å²) in [6, 6.07) is 18.8. The van der Waals surface area contributed by atoms with Crippen LogP contribution in [-0.2, 0) is 17.9 Å². The fraction of sp³-hybridized carbons (Fsp3) is 0.0800. The molecule has 1 aliphatic heterocycles. The van der Waals surface area contributed by atoms with Gasteiger partial charge in [-0.2, -0.15) is 5.26 Å². The highest BCUT2D eigenvalue weighted by atomic mass is 79.9. The van der Waals surface area contributed by atoms with Crippen LogP contribution in [0.2, 0.25) is 0 Å². The second-order valence-corrected chi connectivity index (χ2v) is 9.93. The first kappa shape index (κ1) is 24.2. The number of thioether (sulfide) groups is 1. The van der Waals surface area contributed by atoms with Gasteiger partial charge in [0.25, 0.3) is 11.1 Å². The molecule has 1 aliphatic rings. The van der Waals surface area contributed by atoms with Gasteiger partial charge < -0.3 is 4.74 Å². The summed E-state index contributed by atoms with van der Waals surface area (Å²) in [7, 11) is 0. The molecule has 0 bridgehead atoms. The van der Waals surface area contributed by atoms with Gasteiger partial charge in [0.05, 0.1) is 32.0 Å². The van der Waals surface area contributed by atoms with Gasteiger partial charge in [0.15, 0.2) is 0 Å². The fourth-order valence-electron chi connectivity index (χ4n) is 3.29. The summed E-state index contributed by atoms with van der Waals surface area (Å²) in [5.74, 6) is -0.282. The lowest BCUT2D eigenvalue weighted by Gasteiger charge is -2.13. The van der Waals surface area contributed by atoms with Gasteiger partial charge in [0, 0.05) is 5.56 Å². The number of nitriles is 1. The van der Waals surface area contributed by atoms with Crippen molar-refractivity contribution in [2.75, 3.05) is 0 Å². The second kappa shape index (κ2) is 10.6. The summed E-state index contributed by atoms with van der Waals surface area (Å²) in [5, 5.41) is 8.87. The highest BCUT2D eigenvalue weighted by Gasteiger charge is 2.35. The van der Waals surface area contributed by atoms with Crippen molar-refractivity contribution in [2.45, 2.75) is 13.2 Å². The van der Waals surface area contributed by atoms with Gasteiger partial charge in [-0.25, -0.2) is 4.39 Å². The molecule has 4 rings (SSSR count). The van der Waals surface area contributed by atoms with E-state index in [1.165, 1.54) is 6.07 Å². The van der Waals surface area contributed by atoms with Crippen LogP contribution in [0.4, 0.5) is 9.18 Å². The molecule has 170 valence electrons. The number of benzene rings is 3. The first-order valence-corrected chi connectivity index (χ1v) is 12.4. The Hall–Kier alpha value is -2.93. The van der Waals surface area contributed by atoms with E-state index >= 15 is 0 Å². The Morgan fingerprint density at radius 2 is 1.68 bits per heavy atom. The molecule has 0 atom stereocenters. The van der Waals surface area contributed by atoms with Crippen molar-refractivity contribution in [1.82, 2.24) is 4.90 Å². The molecule has 0 saturated carbocycles. The third-order valence-electron chi connectivity index (χ3n) is 4.99. The molecule has 3 aromatic carbocycles. The van der Waals surface area contributed by atoms with E-state index in [1.807, 2.05) is 0 Å². The van der Waals surface area contributed by atoms with Gasteiger partial charge in [-0.05, 0) is 85.1 Å². The first-order chi connectivity index (χ1) is 16.4. The Bertz CT molecular complexity index is 1350. The van der Waals surface area contributed by atoms with E-state index in [0.717, 1.165) is 16.7 Å². The lowest BCUT2D eigenvalue weighted by Crippen LogP contribution is -2.27. The zero-order valence-corrected chi connectivity index (χ0v) is 21.4. The van der Waals surface area contributed by atoms with Crippen LogP contribution in [0.15, 0.2) is 74.5 Å². The van der Waals surface area contributed by atoms with E-state index < -0.39 is 11.1 Å². The van der Waals surface area contributed by atoms with E-state index in [4.69, 9.17) is 4.74 Å². The molecule has 1 saturated heterocycles. The van der Waals surface area contributed by atoms with Crippen LogP contribution in [0.5, 0.6) is 5.75 Å². The lowest BCUT2D eigenvalue weighted by molar-refractivity contribution is -0.123. The summed E-state index contributed by atoms with van der Waals surface area (Å²) in [5.41, 5.74) is 2.12. The van der Waals surface area contributed by atoms with Crippen molar-refractivity contribution in [3.8, 4) is 11.8 Å². The van der Waals surface area contributed by atoms with Gasteiger partial charge in [-0.15, -0.1) is 0 Å². The summed E-state index contributed by atoms with van der Waals surface area (Å²) >= 11 is 7.77. The number of carbonyl (C=O) groups is 2. The van der Waals surface area contributed by atoms with Gasteiger partial charge in [0.2, 0.25) is 0 Å². The van der Waals surface area contributed by atoms with Crippen LogP contribution < -0.4 is 4.74 Å². The van der Waals surface area contributed by atoms with Crippen LogP contribution >= 0.6 is 43.6 Å². The molecule has 0 aromatic heterocycles. The summed E-state index contributed by atoms with van der Waals surface area (Å²) in [4.78, 5) is 26.8. The third-order valence-corrected chi connectivity index (χ3v) is 7.07. The molecule has 0 radical (unpaired) electrons. The van der Waals surface area contributed by atoms with E-state index in [9.17, 15) is 19.2 Å². The number of nitrogens with zero attached hydrogens (tertiary/aromatic N) is 2. The number of rotatable bonds is 6. The highest BCUT2D eigenvalue weighted by Crippen LogP contribution is 2.38. The Labute approximate surface area is 216 Å². The van der Waals surface area contributed by atoms with Crippen molar-refractivity contribution >= 4 is 60.8 Å². The molecule has 1 fully saturated rings. The van der Waals surface area contributed by atoms with Crippen LogP contribution in [0.3, 0.4) is 0 Å². The molecule has 0 unspecified atom stereocenters. The fourth-order valence-corrected chi connectivity index (χ4v) is 5.58. The number of halogens is 3. The minimum absolute atomic E-state index is 0.0297.